The number of imide groups is 1. The van der Waals surface area contributed by atoms with E-state index in [1.165, 1.54) is 4.90 Å². The number of nitrogens with zero attached hydrogens (tertiary/aromatic N) is 1. The first-order valence-electron chi connectivity index (χ1n) is 9.14. The lowest BCUT2D eigenvalue weighted by atomic mass is 10.2. The van der Waals surface area contributed by atoms with Crippen molar-refractivity contribution in [3.05, 3.63) is 64.6 Å². The third-order valence-electron chi connectivity index (χ3n) is 4.03. The normalized spacial score (nSPS) is 15.6. The summed E-state index contributed by atoms with van der Waals surface area (Å²) in [5.74, 6) is 1.20. The van der Waals surface area contributed by atoms with Crippen molar-refractivity contribution in [3.8, 4) is 11.5 Å². The molecule has 146 valence electrons. The number of benzene rings is 2. The highest BCUT2D eigenvalue weighted by Crippen LogP contribution is 2.32. The minimum absolute atomic E-state index is 0.101. The van der Waals surface area contributed by atoms with Gasteiger partial charge in [0.05, 0.1) is 17.6 Å². The molecule has 2 aromatic carbocycles. The number of thioether (sulfide) groups is 1. The molecule has 1 saturated heterocycles. The highest BCUT2D eigenvalue weighted by atomic mass is 32.2. The second-order valence-electron chi connectivity index (χ2n) is 6.73. The van der Waals surface area contributed by atoms with Gasteiger partial charge in [-0.15, -0.1) is 0 Å². The summed E-state index contributed by atoms with van der Waals surface area (Å²) in [5.41, 5.74) is 1.99. The first-order chi connectivity index (χ1) is 13.4. The number of hydrogen-bond acceptors (Lipinski definition) is 5. The Morgan fingerprint density at radius 1 is 1.00 bits per heavy atom. The molecule has 1 aliphatic rings. The molecule has 1 heterocycles. The predicted octanol–water partition coefficient (Wildman–Crippen LogP) is 4.90. The fraction of sp³-hybridized carbons (Fsp3) is 0.273. The van der Waals surface area contributed by atoms with Crippen molar-refractivity contribution in [1.82, 2.24) is 4.90 Å². The molecular formula is C22H23NO4S. The van der Waals surface area contributed by atoms with Gasteiger partial charge in [-0.2, -0.15) is 0 Å². The minimum Gasteiger partial charge on any atom is -0.492 e. The highest BCUT2D eigenvalue weighted by molar-refractivity contribution is 8.18. The summed E-state index contributed by atoms with van der Waals surface area (Å²) in [6.45, 7) is 6.41. The van der Waals surface area contributed by atoms with Gasteiger partial charge in [-0.3, -0.25) is 14.5 Å². The Balaban J connectivity index is 1.59. The SMILES string of the molecule is Cc1ccc(OCCN2C(=O)S/C(=C\c3ccc(OC(C)C)cc3)C2=O)cc1. The summed E-state index contributed by atoms with van der Waals surface area (Å²) >= 11 is 0.951. The van der Waals surface area contributed by atoms with Crippen LogP contribution >= 0.6 is 11.8 Å². The Labute approximate surface area is 169 Å². The zero-order valence-corrected chi connectivity index (χ0v) is 17.0. The number of carbonyl (C=O) groups is 2. The molecule has 0 aliphatic carbocycles. The van der Waals surface area contributed by atoms with Crippen LogP contribution in [0.3, 0.4) is 0 Å². The molecule has 1 fully saturated rings. The Bertz CT molecular complexity index is 872. The molecule has 0 aromatic heterocycles. The van der Waals surface area contributed by atoms with Crippen molar-refractivity contribution < 1.29 is 19.1 Å². The van der Waals surface area contributed by atoms with E-state index in [-0.39, 0.29) is 30.4 Å². The average Bonchev–Trinajstić information content (AvgIpc) is 2.92. The first kappa shape index (κ1) is 20.0. The smallest absolute Gasteiger partial charge is 0.293 e. The highest BCUT2D eigenvalue weighted by Gasteiger charge is 2.34. The van der Waals surface area contributed by atoms with E-state index in [0.29, 0.717) is 4.91 Å². The molecule has 0 unspecified atom stereocenters. The van der Waals surface area contributed by atoms with Crippen LogP contribution in [0.15, 0.2) is 53.4 Å². The van der Waals surface area contributed by atoms with E-state index in [9.17, 15) is 9.59 Å². The van der Waals surface area contributed by atoms with E-state index in [0.717, 1.165) is 34.4 Å². The molecular weight excluding hydrogens is 374 g/mol. The third-order valence-corrected chi connectivity index (χ3v) is 4.94. The third kappa shape index (κ3) is 5.16. The zero-order chi connectivity index (χ0) is 20.1. The van der Waals surface area contributed by atoms with Crippen LogP contribution < -0.4 is 9.47 Å². The Hall–Kier alpha value is -2.73. The summed E-state index contributed by atoms with van der Waals surface area (Å²) in [6, 6.07) is 15.1. The predicted molar refractivity (Wildman–Crippen MR) is 112 cm³/mol. The van der Waals surface area contributed by atoms with Crippen molar-refractivity contribution in [2.45, 2.75) is 26.9 Å². The second kappa shape index (κ2) is 8.97. The molecule has 5 nitrogen and oxygen atoms in total. The van der Waals surface area contributed by atoms with Crippen LogP contribution in [0.1, 0.15) is 25.0 Å². The molecule has 0 saturated carbocycles. The van der Waals surface area contributed by atoms with Crippen LogP contribution in [-0.4, -0.2) is 35.3 Å². The van der Waals surface area contributed by atoms with E-state index in [4.69, 9.17) is 9.47 Å². The standard InChI is InChI=1S/C22H23NO4S/c1-15(2)27-19-10-6-17(7-11-19)14-20-21(24)23(22(25)28-20)12-13-26-18-8-4-16(3)5-9-18/h4-11,14-15H,12-13H2,1-3H3/b20-14-. The number of aryl methyl sites for hydroxylation is 1. The monoisotopic (exact) mass is 397 g/mol. The van der Waals surface area contributed by atoms with Gasteiger partial charge in [-0.25, -0.2) is 0 Å². The molecule has 2 aromatic rings. The molecule has 6 heteroatoms. The lowest BCUT2D eigenvalue weighted by Crippen LogP contribution is -2.32. The number of rotatable bonds is 7. The maximum atomic E-state index is 12.6. The fourth-order valence-corrected chi connectivity index (χ4v) is 3.51. The Morgan fingerprint density at radius 2 is 1.64 bits per heavy atom. The summed E-state index contributed by atoms with van der Waals surface area (Å²) in [7, 11) is 0. The van der Waals surface area contributed by atoms with E-state index in [1.54, 1.807) is 6.08 Å². The quantitative estimate of drug-likeness (QED) is 0.622. The van der Waals surface area contributed by atoms with Gasteiger partial charge < -0.3 is 9.47 Å². The van der Waals surface area contributed by atoms with Crippen molar-refractivity contribution in [3.63, 3.8) is 0 Å². The maximum absolute atomic E-state index is 12.6. The van der Waals surface area contributed by atoms with E-state index >= 15 is 0 Å². The van der Waals surface area contributed by atoms with Crippen molar-refractivity contribution in [2.75, 3.05) is 13.2 Å². The number of ether oxygens (including phenoxy) is 2. The summed E-state index contributed by atoms with van der Waals surface area (Å²) in [4.78, 5) is 26.4. The lowest BCUT2D eigenvalue weighted by molar-refractivity contribution is -0.123. The van der Waals surface area contributed by atoms with Gasteiger partial charge in [0, 0.05) is 0 Å². The average molecular weight is 397 g/mol. The van der Waals surface area contributed by atoms with Gasteiger partial charge in [0.25, 0.3) is 11.1 Å². The minimum atomic E-state index is -0.287. The lowest BCUT2D eigenvalue weighted by Gasteiger charge is -2.13. The molecule has 0 N–H and O–H groups in total. The van der Waals surface area contributed by atoms with Crippen LogP contribution in [-0.2, 0) is 4.79 Å². The Kier molecular flexibility index (Phi) is 6.41. The Morgan fingerprint density at radius 3 is 2.29 bits per heavy atom. The van der Waals surface area contributed by atoms with Crippen molar-refractivity contribution in [1.29, 1.82) is 0 Å². The summed E-state index contributed by atoms with van der Waals surface area (Å²) in [5, 5.41) is -0.275. The van der Waals surface area contributed by atoms with Crippen molar-refractivity contribution >= 4 is 29.0 Å². The fourth-order valence-electron chi connectivity index (χ4n) is 2.65. The van der Waals surface area contributed by atoms with E-state index in [1.807, 2.05) is 69.3 Å². The van der Waals surface area contributed by atoms with Crippen LogP contribution in [0.2, 0.25) is 0 Å². The summed E-state index contributed by atoms with van der Waals surface area (Å²) in [6.07, 6.45) is 1.83. The zero-order valence-electron chi connectivity index (χ0n) is 16.2. The number of carbonyl (C=O) groups excluding carboxylic acids is 2. The van der Waals surface area contributed by atoms with Crippen LogP contribution in [0, 0.1) is 6.92 Å². The second-order valence-corrected chi connectivity index (χ2v) is 7.72. The van der Waals surface area contributed by atoms with Gasteiger partial charge in [-0.05, 0) is 68.4 Å². The molecule has 0 atom stereocenters. The first-order valence-corrected chi connectivity index (χ1v) is 9.95. The molecule has 0 bridgehead atoms. The molecule has 1 aliphatic heterocycles. The summed E-state index contributed by atoms with van der Waals surface area (Å²) < 4.78 is 11.2. The van der Waals surface area contributed by atoms with Crippen LogP contribution in [0.4, 0.5) is 4.79 Å². The molecule has 3 rings (SSSR count). The largest absolute Gasteiger partial charge is 0.492 e. The molecule has 2 amide bonds. The molecule has 0 radical (unpaired) electrons. The van der Waals surface area contributed by atoms with Gasteiger partial charge in [0.1, 0.15) is 18.1 Å². The van der Waals surface area contributed by atoms with Crippen LogP contribution in [0.5, 0.6) is 11.5 Å². The van der Waals surface area contributed by atoms with Gasteiger partial charge in [0.15, 0.2) is 0 Å². The van der Waals surface area contributed by atoms with Gasteiger partial charge in [-0.1, -0.05) is 29.8 Å². The topological polar surface area (TPSA) is 55.8 Å². The van der Waals surface area contributed by atoms with Crippen molar-refractivity contribution in [2.24, 2.45) is 0 Å². The van der Waals surface area contributed by atoms with E-state index in [2.05, 4.69) is 0 Å². The van der Waals surface area contributed by atoms with E-state index < -0.39 is 0 Å². The van der Waals surface area contributed by atoms with Gasteiger partial charge in [0.2, 0.25) is 0 Å². The van der Waals surface area contributed by atoms with Gasteiger partial charge >= 0.3 is 0 Å². The van der Waals surface area contributed by atoms with Crippen LogP contribution in [0.25, 0.3) is 6.08 Å². The number of amides is 2. The molecule has 28 heavy (non-hydrogen) atoms. The maximum Gasteiger partial charge on any atom is 0.293 e. The molecule has 0 spiro atoms. The number of hydrogen-bond donors (Lipinski definition) is 0.